The Hall–Kier alpha value is -1.59. The molecule has 3 atom stereocenters. The summed E-state index contributed by atoms with van der Waals surface area (Å²) in [5, 5.41) is 3.31. The van der Waals surface area contributed by atoms with Crippen molar-refractivity contribution in [2.24, 2.45) is 17.4 Å². The summed E-state index contributed by atoms with van der Waals surface area (Å²) >= 11 is 5.94. The molecule has 6 heteroatoms. The van der Waals surface area contributed by atoms with Crippen LogP contribution in [-0.2, 0) is 9.59 Å². The first-order valence-electron chi connectivity index (χ1n) is 6.94. The van der Waals surface area contributed by atoms with Gasteiger partial charge in [0.15, 0.2) is 0 Å². The second-order valence-corrected chi connectivity index (χ2v) is 5.63. The molecule has 2 unspecified atom stereocenters. The maximum absolute atomic E-state index is 12.2. The molecule has 0 aliphatic rings. The van der Waals surface area contributed by atoms with Gasteiger partial charge in [-0.05, 0) is 23.6 Å². The van der Waals surface area contributed by atoms with E-state index in [1.54, 1.807) is 24.3 Å². The average molecular weight is 312 g/mol. The first kappa shape index (κ1) is 17.5. The third-order valence-corrected chi connectivity index (χ3v) is 3.77. The highest BCUT2D eigenvalue weighted by atomic mass is 35.5. The second-order valence-electron chi connectivity index (χ2n) is 5.20. The number of nitrogens with one attached hydrogen (secondary N) is 1. The van der Waals surface area contributed by atoms with E-state index in [1.807, 2.05) is 13.8 Å². The molecule has 0 saturated heterocycles. The molecule has 5 N–H and O–H groups in total. The van der Waals surface area contributed by atoms with Gasteiger partial charge in [0.25, 0.3) is 0 Å². The van der Waals surface area contributed by atoms with Crippen molar-refractivity contribution in [1.29, 1.82) is 0 Å². The molecule has 1 aromatic rings. The van der Waals surface area contributed by atoms with Gasteiger partial charge in [-0.3, -0.25) is 9.59 Å². The third-order valence-electron chi connectivity index (χ3n) is 3.53. The molecule has 0 aromatic heterocycles. The van der Waals surface area contributed by atoms with Crippen molar-refractivity contribution in [1.82, 2.24) is 5.32 Å². The average Bonchev–Trinajstić information content (AvgIpc) is 2.44. The SMILES string of the molecule is CCC(C)C(N)C(=O)N[C@H](CC(N)=O)c1cccc(Cl)c1. The van der Waals surface area contributed by atoms with Crippen molar-refractivity contribution in [3.63, 3.8) is 0 Å². The molecular formula is C15H22ClN3O2. The quantitative estimate of drug-likeness (QED) is 0.715. The molecule has 2 amide bonds. The van der Waals surface area contributed by atoms with E-state index in [1.165, 1.54) is 0 Å². The zero-order valence-corrected chi connectivity index (χ0v) is 13.1. The Labute approximate surface area is 130 Å². The Morgan fingerprint density at radius 3 is 2.57 bits per heavy atom. The highest BCUT2D eigenvalue weighted by Gasteiger charge is 2.24. The molecule has 0 fully saturated rings. The minimum Gasteiger partial charge on any atom is -0.370 e. The summed E-state index contributed by atoms with van der Waals surface area (Å²) in [6, 6.07) is 5.82. The van der Waals surface area contributed by atoms with Crippen LogP contribution < -0.4 is 16.8 Å². The fourth-order valence-corrected chi connectivity index (χ4v) is 2.16. The minimum absolute atomic E-state index is 0.000686. The summed E-state index contributed by atoms with van der Waals surface area (Å²) in [4.78, 5) is 23.4. The van der Waals surface area contributed by atoms with E-state index in [0.29, 0.717) is 5.02 Å². The molecule has 0 saturated carbocycles. The lowest BCUT2D eigenvalue weighted by Gasteiger charge is -2.23. The zero-order chi connectivity index (χ0) is 16.0. The van der Waals surface area contributed by atoms with Gasteiger partial charge in [0.05, 0.1) is 18.5 Å². The van der Waals surface area contributed by atoms with Crippen LogP contribution in [0.1, 0.15) is 38.3 Å². The van der Waals surface area contributed by atoms with Crippen molar-refractivity contribution in [2.75, 3.05) is 0 Å². The summed E-state index contributed by atoms with van der Waals surface area (Å²) in [6.07, 6.45) is 0.797. The first-order chi connectivity index (χ1) is 9.85. The molecule has 5 nitrogen and oxygen atoms in total. The van der Waals surface area contributed by atoms with Crippen LogP contribution in [0.2, 0.25) is 5.02 Å². The fraction of sp³-hybridized carbons (Fsp3) is 0.467. The van der Waals surface area contributed by atoms with Gasteiger partial charge < -0.3 is 16.8 Å². The van der Waals surface area contributed by atoms with Crippen molar-refractivity contribution < 1.29 is 9.59 Å². The molecule has 0 spiro atoms. The minimum atomic E-state index is -0.621. The highest BCUT2D eigenvalue weighted by Crippen LogP contribution is 2.21. The smallest absolute Gasteiger partial charge is 0.237 e. The Balaban J connectivity index is 2.89. The summed E-state index contributed by atoms with van der Waals surface area (Å²) in [7, 11) is 0. The number of benzene rings is 1. The third kappa shape index (κ3) is 5.36. The van der Waals surface area contributed by atoms with Crippen LogP contribution >= 0.6 is 11.6 Å². The topological polar surface area (TPSA) is 98.2 Å². The second kappa shape index (κ2) is 8.00. The maximum Gasteiger partial charge on any atom is 0.237 e. The number of rotatable bonds is 7. The molecule has 0 heterocycles. The lowest BCUT2D eigenvalue weighted by atomic mass is 9.97. The van der Waals surface area contributed by atoms with Gasteiger partial charge in [0.1, 0.15) is 0 Å². The number of carbonyl (C=O) groups is 2. The van der Waals surface area contributed by atoms with Gasteiger partial charge in [-0.2, -0.15) is 0 Å². The van der Waals surface area contributed by atoms with Gasteiger partial charge >= 0.3 is 0 Å². The first-order valence-corrected chi connectivity index (χ1v) is 7.32. The Kier molecular flexibility index (Phi) is 6.65. The number of hydrogen-bond acceptors (Lipinski definition) is 3. The van der Waals surface area contributed by atoms with Gasteiger partial charge in [0.2, 0.25) is 11.8 Å². The summed E-state index contributed by atoms with van der Waals surface area (Å²) in [5.41, 5.74) is 11.9. The van der Waals surface area contributed by atoms with E-state index >= 15 is 0 Å². The van der Waals surface area contributed by atoms with Crippen molar-refractivity contribution in [3.05, 3.63) is 34.9 Å². The van der Waals surface area contributed by atoms with E-state index in [2.05, 4.69) is 5.32 Å². The molecule has 1 aromatic carbocycles. The lowest BCUT2D eigenvalue weighted by Crippen LogP contribution is -2.46. The molecule has 0 aliphatic carbocycles. The number of carbonyl (C=O) groups excluding carboxylic acids is 2. The van der Waals surface area contributed by atoms with Crippen LogP contribution in [0.4, 0.5) is 0 Å². The van der Waals surface area contributed by atoms with Crippen molar-refractivity contribution in [3.8, 4) is 0 Å². The highest BCUT2D eigenvalue weighted by molar-refractivity contribution is 6.30. The van der Waals surface area contributed by atoms with Crippen LogP contribution in [0.3, 0.4) is 0 Å². The molecule has 1 rings (SSSR count). The lowest BCUT2D eigenvalue weighted by molar-refractivity contribution is -0.124. The van der Waals surface area contributed by atoms with Gasteiger partial charge in [-0.1, -0.05) is 44.0 Å². The predicted molar refractivity (Wildman–Crippen MR) is 83.6 cm³/mol. The van der Waals surface area contributed by atoms with Crippen molar-refractivity contribution >= 4 is 23.4 Å². The normalized spacial score (nSPS) is 15.0. The monoisotopic (exact) mass is 311 g/mol. The molecule has 0 aliphatic heterocycles. The molecule has 0 bridgehead atoms. The van der Waals surface area contributed by atoms with E-state index in [0.717, 1.165) is 12.0 Å². The number of primary amides is 1. The molecular weight excluding hydrogens is 290 g/mol. The van der Waals surface area contributed by atoms with Gasteiger partial charge in [0, 0.05) is 5.02 Å². The fourth-order valence-electron chi connectivity index (χ4n) is 1.96. The molecule has 116 valence electrons. The van der Waals surface area contributed by atoms with E-state index < -0.39 is 18.0 Å². The Morgan fingerprint density at radius 2 is 2.05 bits per heavy atom. The van der Waals surface area contributed by atoms with E-state index in [4.69, 9.17) is 23.1 Å². The zero-order valence-electron chi connectivity index (χ0n) is 12.3. The number of amides is 2. The van der Waals surface area contributed by atoms with Gasteiger partial charge in [-0.15, -0.1) is 0 Å². The number of hydrogen-bond donors (Lipinski definition) is 3. The Bertz CT molecular complexity index is 507. The van der Waals surface area contributed by atoms with Crippen LogP contribution in [0.25, 0.3) is 0 Å². The summed E-state index contributed by atoms with van der Waals surface area (Å²) in [6.45, 7) is 3.88. The van der Waals surface area contributed by atoms with Crippen LogP contribution in [0.5, 0.6) is 0 Å². The van der Waals surface area contributed by atoms with Crippen molar-refractivity contribution in [2.45, 2.75) is 38.8 Å². The van der Waals surface area contributed by atoms with E-state index in [9.17, 15) is 9.59 Å². The maximum atomic E-state index is 12.2. The summed E-state index contributed by atoms with van der Waals surface area (Å²) < 4.78 is 0. The van der Waals surface area contributed by atoms with Crippen LogP contribution in [-0.4, -0.2) is 17.9 Å². The standard InChI is InChI=1S/C15H22ClN3O2/c1-3-9(2)14(18)15(21)19-12(8-13(17)20)10-5-4-6-11(16)7-10/h4-7,9,12,14H,3,8,18H2,1-2H3,(H2,17,20)(H,19,21)/t9?,12-,14?/m1/s1. The summed E-state index contributed by atoms with van der Waals surface area (Å²) in [5.74, 6) is -0.744. The number of nitrogens with two attached hydrogens (primary N) is 2. The predicted octanol–water partition coefficient (Wildman–Crippen LogP) is 1.75. The van der Waals surface area contributed by atoms with Crippen LogP contribution in [0, 0.1) is 5.92 Å². The van der Waals surface area contributed by atoms with Gasteiger partial charge in [-0.25, -0.2) is 0 Å². The Morgan fingerprint density at radius 1 is 1.38 bits per heavy atom. The van der Waals surface area contributed by atoms with E-state index in [-0.39, 0.29) is 18.2 Å². The molecule has 0 radical (unpaired) electrons. The largest absolute Gasteiger partial charge is 0.370 e. The van der Waals surface area contributed by atoms with Crippen LogP contribution in [0.15, 0.2) is 24.3 Å². The molecule has 21 heavy (non-hydrogen) atoms. The number of halogens is 1.